The van der Waals surface area contributed by atoms with Crippen LogP contribution in [-0.2, 0) is 4.79 Å². The molecule has 7 heteroatoms. The SMILES string of the molecule is COc1c(C#N)ccc(N2C(=O)C(C)(C)N(c3ccc(C)cc3)C2=S)c1F. The van der Waals surface area contributed by atoms with Crippen LogP contribution in [0.2, 0.25) is 0 Å². The van der Waals surface area contributed by atoms with Crippen LogP contribution in [0.4, 0.5) is 15.8 Å². The number of hydrogen-bond donors (Lipinski definition) is 0. The van der Waals surface area contributed by atoms with Gasteiger partial charge in [-0.25, -0.2) is 4.39 Å². The van der Waals surface area contributed by atoms with Gasteiger partial charge >= 0.3 is 0 Å². The van der Waals surface area contributed by atoms with E-state index in [1.165, 1.54) is 19.2 Å². The number of methoxy groups -OCH3 is 1. The predicted octanol–water partition coefficient (Wildman–Crippen LogP) is 3.93. The van der Waals surface area contributed by atoms with Crippen molar-refractivity contribution in [3.8, 4) is 11.8 Å². The van der Waals surface area contributed by atoms with Crippen LogP contribution in [0.25, 0.3) is 0 Å². The summed E-state index contributed by atoms with van der Waals surface area (Å²) in [5.74, 6) is -1.37. The van der Waals surface area contributed by atoms with Gasteiger partial charge in [-0.2, -0.15) is 5.26 Å². The minimum Gasteiger partial charge on any atom is -0.492 e. The van der Waals surface area contributed by atoms with Gasteiger partial charge in [0.05, 0.1) is 18.4 Å². The highest BCUT2D eigenvalue weighted by Crippen LogP contribution is 2.39. The molecule has 2 aromatic rings. The Bertz CT molecular complexity index is 980. The molecule has 0 bridgehead atoms. The quantitative estimate of drug-likeness (QED) is 0.752. The van der Waals surface area contributed by atoms with Crippen molar-refractivity contribution >= 4 is 34.6 Å². The number of anilines is 2. The van der Waals surface area contributed by atoms with E-state index >= 15 is 4.39 Å². The van der Waals surface area contributed by atoms with Crippen LogP contribution in [0, 0.1) is 24.1 Å². The number of hydrogen-bond acceptors (Lipinski definition) is 4. The highest BCUT2D eigenvalue weighted by molar-refractivity contribution is 7.81. The van der Waals surface area contributed by atoms with Gasteiger partial charge in [0, 0.05) is 5.69 Å². The summed E-state index contributed by atoms with van der Waals surface area (Å²) in [7, 11) is 1.27. The van der Waals surface area contributed by atoms with Crippen LogP contribution in [0.3, 0.4) is 0 Å². The molecular formula is C20H18FN3O2S. The van der Waals surface area contributed by atoms with Crippen molar-refractivity contribution < 1.29 is 13.9 Å². The van der Waals surface area contributed by atoms with Gasteiger partial charge in [0.15, 0.2) is 16.7 Å². The molecule has 2 aromatic carbocycles. The maximum atomic E-state index is 15.0. The van der Waals surface area contributed by atoms with Gasteiger partial charge in [-0.1, -0.05) is 17.7 Å². The zero-order valence-corrected chi connectivity index (χ0v) is 16.2. The Morgan fingerprint density at radius 2 is 1.81 bits per heavy atom. The van der Waals surface area contributed by atoms with Crippen LogP contribution in [0.1, 0.15) is 25.0 Å². The van der Waals surface area contributed by atoms with Gasteiger partial charge in [0.1, 0.15) is 11.6 Å². The van der Waals surface area contributed by atoms with E-state index in [2.05, 4.69) is 0 Å². The molecule has 1 heterocycles. The average molecular weight is 383 g/mol. The van der Waals surface area contributed by atoms with E-state index in [0.717, 1.165) is 16.2 Å². The smallest absolute Gasteiger partial charge is 0.259 e. The number of nitriles is 1. The van der Waals surface area contributed by atoms with Crippen LogP contribution in [0.5, 0.6) is 5.75 Å². The molecule has 138 valence electrons. The molecule has 3 rings (SSSR count). The number of rotatable bonds is 3. The van der Waals surface area contributed by atoms with Gasteiger partial charge in [-0.3, -0.25) is 9.69 Å². The molecule has 0 atom stereocenters. The fourth-order valence-electron chi connectivity index (χ4n) is 3.14. The molecule has 0 aliphatic carbocycles. The number of carbonyl (C=O) groups is 1. The number of nitrogens with zero attached hydrogens (tertiary/aromatic N) is 3. The Balaban J connectivity index is 2.13. The molecule has 0 N–H and O–H groups in total. The topological polar surface area (TPSA) is 56.6 Å². The number of benzene rings is 2. The van der Waals surface area contributed by atoms with Gasteiger partial charge in [0.25, 0.3) is 5.91 Å². The minimum absolute atomic E-state index is 0.0384. The number of thiocarbonyl (C=S) groups is 1. The molecule has 1 fully saturated rings. The van der Waals surface area contributed by atoms with E-state index in [1.54, 1.807) is 18.7 Å². The zero-order valence-electron chi connectivity index (χ0n) is 15.4. The standard InChI is InChI=1S/C20H18FN3O2S/c1-12-5-8-14(9-6-12)24-19(27)23(18(25)20(24,2)3)15-10-7-13(11-22)17(26-4)16(15)21/h5-10H,1-4H3. The summed E-state index contributed by atoms with van der Waals surface area (Å²) in [5.41, 5.74) is 0.828. The molecule has 0 radical (unpaired) electrons. The van der Waals surface area contributed by atoms with Crippen molar-refractivity contribution in [1.29, 1.82) is 5.26 Å². The van der Waals surface area contributed by atoms with Crippen molar-refractivity contribution in [1.82, 2.24) is 0 Å². The highest BCUT2D eigenvalue weighted by atomic mass is 32.1. The highest BCUT2D eigenvalue weighted by Gasteiger charge is 2.51. The second kappa shape index (κ2) is 6.63. The van der Waals surface area contributed by atoms with E-state index in [9.17, 15) is 4.79 Å². The van der Waals surface area contributed by atoms with E-state index in [1.807, 2.05) is 37.3 Å². The fourth-order valence-corrected chi connectivity index (χ4v) is 3.66. The van der Waals surface area contributed by atoms with Crippen molar-refractivity contribution in [2.75, 3.05) is 16.9 Å². The molecule has 1 aliphatic heterocycles. The molecule has 0 saturated carbocycles. The molecular weight excluding hydrogens is 365 g/mol. The van der Waals surface area contributed by atoms with Gasteiger partial charge in [-0.05, 0) is 57.3 Å². The lowest BCUT2D eigenvalue weighted by molar-refractivity contribution is -0.120. The second-order valence-corrected chi connectivity index (χ2v) is 7.11. The van der Waals surface area contributed by atoms with Crippen molar-refractivity contribution in [2.24, 2.45) is 0 Å². The van der Waals surface area contributed by atoms with E-state index in [4.69, 9.17) is 22.2 Å². The van der Waals surface area contributed by atoms with Crippen LogP contribution in [0.15, 0.2) is 36.4 Å². The molecule has 0 unspecified atom stereocenters. The Morgan fingerprint density at radius 1 is 1.19 bits per heavy atom. The maximum absolute atomic E-state index is 15.0. The summed E-state index contributed by atoms with van der Waals surface area (Å²) >= 11 is 5.54. The molecule has 0 aromatic heterocycles. The number of ether oxygens (including phenoxy) is 1. The van der Waals surface area contributed by atoms with E-state index in [0.29, 0.717) is 0 Å². The molecule has 5 nitrogen and oxygen atoms in total. The number of halogens is 1. The van der Waals surface area contributed by atoms with Crippen molar-refractivity contribution in [3.63, 3.8) is 0 Å². The van der Waals surface area contributed by atoms with Gasteiger partial charge in [-0.15, -0.1) is 0 Å². The summed E-state index contributed by atoms with van der Waals surface area (Å²) in [5, 5.41) is 9.29. The largest absolute Gasteiger partial charge is 0.492 e. The zero-order chi connectivity index (χ0) is 19.9. The summed E-state index contributed by atoms with van der Waals surface area (Å²) in [4.78, 5) is 16.0. The summed E-state index contributed by atoms with van der Waals surface area (Å²) < 4.78 is 20.0. The third kappa shape index (κ3) is 2.82. The first-order valence-corrected chi connectivity index (χ1v) is 8.67. The third-order valence-corrected chi connectivity index (χ3v) is 4.97. The first-order chi connectivity index (χ1) is 12.7. The van der Waals surface area contributed by atoms with Gasteiger partial charge < -0.3 is 9.64 Å². The van der Waals surface area contributed by atoms with E-state index in [-0.39, 0.29) is 28.0 Å². The van der Waals surface area contributed by atoms with Gasteiger partial charge in [0.2, 0.25) is 0 Å². The summed E-state index contributed by atoms with van der Waals surface area (Å²) in [6, 6.07) is 12.2. The molecule has 27 heavy (non-hydrogen) atoms. The van der Waals surface area contributed by atoms with E-state index < -0.39 is 11.4 Å². The molecule has 1 amide bonds. The molecule has 0 spiro atoms. The molecule has 1 saturated heterocycles. The lowest BCUT2D eigenvalue weighted by Crippen LogP contribution is -2.44. The normalized spacial score (nSPS) is 15.9. The number of aryl methyl sites for hydroxylation is 1. The lowest BCUT2D eigenvalue weighted by atomic mass is 10.0. The first kappa shape index (κ1) is 18.8. The summed E-state index contributed by atoms with van der Waals surface area (Å²) in [6.45, 7) is 5.44. The lowest BCUT2D eigenvalue weighted by Gasteiger charge is -2.29. The Hall–Kier alpha value is -2.98. The Kier molecular flexibility index (Phi) is 4.62. The summed E-state index contributed by atoms with van der Waals surface area (Å²) in [6.07, 6.45) is 0. The van der Waals surface area contributed by atoms with Crippen molar-refractivity contribution in [2.45, 2.75) is 26.3 Å². The van der Waals surface area contributed by atoms with Crippen LogP contribution >= 0.6 is 12.2 Å². The average Bonchev–Trinajstić information content (AvgIpc) is 2.81. The van der Waals surface area contributed by atoms with Crippen LogP contribution < -0.4 is 14.5 Å². The maximum Gasteiger partial charge on any atom is 0.259 e. The molecule has 1 aliphatic rings. The van der Waals surface area contributed by atoms with Crippen LogP contribution in [-0.4, -0.2) is 23.7 Å². The van der Waals surface area contributed by atoms with Crippen molar-refractivity contribution in [3.05, 3.63) is 53.3 Å². The predicted molar refractivity (Wildman–Crippen MR) is 105 cm³/mol. The Labute approximate surface area is 162 Å². The Morgan fingerprint density at radius 3 is 2.37 bits per heavy atom. The first-order valence-electron chi connectivity index (χ1n) is 8.26. The third-order valence-electron chi connectivity index (χ3n) is 4.60. The fraction of sp³-hybridized carbons (Fsp3) is 0.250. The minimum atomic E-state index is -1.00. The number of amides is 1. The number of carbonyl (C=O) groups excluding carboxylic acids is 1. The second-order valence-electron chi connectivity index (χ2n) is 6.74. The monoisotopic (exact) mass is 383 g/mol.